The number of amides is 2. The second kappa shape index (κ2) is 9.27. The van der Waals surface area contributed by atoms with Crippen LogP contribution in [0.2, 0.25) is 0 Å². The lowest BCUT2D eigenvalue weighted by molar-refractivity contribution is -0.120. The number of nitrogens with one attached hydrogen (secondary N) is 2. The van der Waals surface area contributed by atoms with E-state index in [2.05, 4.69) is 26.6 Å². The van der Waals surface area contributed by atoms with Crippen molar-refractivity contribution in [2.24, 2.45) is 0 Å². The number of benzene rings is 2. The fourth-order valence-electron chi connectivity index (χ4n) is 2.64. The molecule has 7 nitrogen and oxygen atoms in total. The van der Waals surface area contributed by atoms with Gasteiger partial charge in [0.2, 0.25) is 5.91 Å². The van der Waals surface area contributed by atoms with Crippen molar-refractivity contribution in [1.82, 2.24) is 5.32 Å². The van der Waals surface area contributed by atoms with Crippen molar-refractivity contribution in [1.29, 1.82) is 0 Å². The molecule has 1 aromatic heterocycles. The summed E-state index contributed by atoms with van der Waals surface area (Å²) in [4.78, 5) is 24.5. The molecule has 0 unspecified atom stereocenters. The van der Waals surface area contributed by atoms with Gasteiger partial charge < -0.3 is 15.1 Å². The molecule has 0 radical (unpaired) electrons. The predicted octanol–water partition coefficient (Wildman–Crippen LogP) is 3.56. The van der Waals surface area contributed by atoms with E-state index in [9.17, 15) is 18.0 Å². The number of carbonyl (C=O) groups is 2. The highest BCUT2D eigenvalue weighted by atomic mass is 79.9. The molecule has 2 amide bonds. The molecule has 2 N–H and O–H groups in total. The van der Waals surface area contributed by atoms with Gasteiger partial charge in [-0.2, -0.15) is 0 Å². The topological polar surface area (TPSA) is 105 Å². The van der Waals surface area contributed by atoms with Gasteiger partial charge in [-0.15, -0.1) is 0 Å². The Morgan fingerprint density at radius 2 is 1.57 bits per heavy atom. The molecule has 2 aromatic carbocycles. The molecule has 30 heavy (non-hydrogen) atoms. The predicted molar refractivity (Wildman–Crippen MR) is 116 cm³/mol. The van der Waals surface area contributed by atoms with Crippen LogP contribution in [0, 0.1) is 0 Å². The summed E-state index contributed by atoms with van der Waals surface area (Å²) in [6, 6.07) is 16.5. The van der Waals surface area contributed by atoms with Gasteiger partial charge in [0, 0.05) is 18.5 Å². The largest absolute Gasteiger partial charge is 0.444 e. The van der Waals surface area contributed by atoms with E-state index < -0.39 is 9.84 Å². The van der Waals surface area contributed by atoms with Crippen LogP contribution in [0.15, 0.2) is 74.6 Å². The number of rotatable bonds is 7. The molecule has 0 saturated heterocycles. The van der Waals surface area contributed by atoms with Crippen LogP contribution < -0.4 is 10.6 Å². The fraction of sp³-hybridized carbons (Fsp3) is 0.143. The highest BCUT2D eigenvalue weighted by molar-refractivity contribution is 9.10. The van der Waals surface area contributed by atoms with Crippen molar-refractivity contribution in [2.75, 3.05) is 11.6 Å². The molecule has 0 aliphatic heterocycles. The molecule has 9 heteroatoms. The van der Waals surface area contributed by atoms with Crippen molar-refractivity contribution in [3.63, 3.8) is 0 Å². The lowest BCUT2D eigenvalue weighted by Gasteiger charge is -2.08. The molecular weight excluding hydrogens is 472 g/mol. The molecule has 0 bridgehead atoms. The van der Waals surface area contributed by atoms with Gasteiger partial charge in [-0.05, 0) is 63.5 Å². The number of furan rings is 1. The second-order valence-electron chi connectivity index (χ2n) is 6.62. The Labute approximate surface area is 182 Å². The van der Waals surface area contributed by atoms with E-state index in [1.807, 2.05) is 0 Å². The SMILES string of the molecule is CS(=O)(=O)c1ccc(CNC(=O)Cc2ccc(NC(=O)c3ccc(Br)o3)cc2)cc1. The number of sulfone groups is 1. The van der Waals surface area contributed by atoms with Gasteiger partial charge in [-0.1, -0.05) is 24.3 Å². The first-order valence-corrected chi connectivity index (χ1v) is 11.6. The van der Waals surface area contributed by atoms with Crippen LogP contribution in [0.1, 0.15) is 21.7 Å². The first-order chi connectivity index (χ1) is 14.2. The number of hydrogen-bond acceptors (Lipinski definition) is 5. The number of halogens is 1. The minimum absolute atomic E-state index is 0.167. The average molecular weight is 491 g/mol. The van der Waals surface area contributed by atoms with Crippen LogP contribution in [0.3, 0.4) is 0 Å². The summed E-state index contributed by atoms with van der Waals surface area (Å²) in [5.41, 5.74) is 2.18. The molecule has 0 saturated carbocycles. The van der Waals surface area contributed by atoms with E-state index in [-0.39, 0.29) is 28.9 Å². The summed E-state index contributed by atoms with van der Waals surface area (Å²) < 4.78 is 28.6. The van der Waals surface area contributed by atoms with Crippen LogP contribution in [-0.4, -0.2) is 26.5 Å². The Morgan fingerprint density at radius 3 is 2.13 bits per heavy atom. The van der Waals surface area contributed by atoms with Crippen molar-refractivity contribution in [3.05, 3.63) is 82.2 Å². The van der Waals surface area contributed by atoms with Gasteiger partial charge in [0.05, 0.1) is 11.3 Å². The quantitative estimate of drug-likeness (QED) is 0.526. The second-order valence-corrected chi connectivity index (χ2v) is 9.42. The number of carbonyl (C=O) groups excluding carboxylic acids is 2. The summed E-state index contributed by atoms with van der Waals surface area (Å²) in [5.74, 6) is -0.345. The van der Waals surface area contributed by atoms with Gasteiger partial charge in [-0.25, -0.2) is 8.42 Å². The zero-order valence-corrected chi connectivity index (χ0v) is 18.4. The van der Waals surface area contributed by atoms with E-state index in [1.54, 1.807) is 48.5 Å². The Hall–Kier alpha value is -2.91. The van der Waals surface area contributed by atoms with Crippen LogP contribution in [0.25, 0.3) is 0 Å². The minimum Gasteiger partial charge on any atom is -0.444 e. The standard InChI is InChI=1S/C21H19BrN2O5S/c1-30(27,28)17-8-4-15(5-9-17)13-23-20(25)12-14-2-6-16(7-3-14)24-21(26)18-10-11-19(22)29-18/h2-11H,12-13H2,1H3,(H,23,25)(H,24,26). The molecule has 0 aliphatic rings. The monoisotopic (exact) mass is 490 g/mol. The minimum atomic E-state index is -3.24. The van der Waals surface area contributed by atoms with Crippen molar-refractivity contribution < 1.29 is 22.4 Å². The molecular formula is C21H19BrN2O5S. The van der Waals surface area contributed by atoms with Crippen LogP contribution in [0.5, 0.6) is 0 Å². The third-order valence-corrected chi connectivity index (χ3v) is 5.77. The van der Waals surface area contributed by atoms with Gasteiger partial charge in [0.1, 0.15) is 0 Å². The molecule has 0 aliphatic carbocycles. The van der Waals surface area contributed by atoms with E-state index in [0.717, 1.165) is 17.4 Å². The van der Waals surface area contributed by atoms with Gasteiger partial charge in [-0.3, -0.25) is 9.59 Å². The lowest BCUT2D eigenvalue weighted by Crippen LogP contribution is -2.24. The molecule has 1 heterocycles. The Morgan fingerprint density at radius 1 is 0.933 bits per heavy atom. The molecule has 3 aromatic rings. The average Bonchev–Trinajstić information content (AvgIpc) is 3.14. The molecule has 0 atom stereocenters. The highest BCUT2D eigenvalue weighted by Gasteiger charge is 2.11. The van der Waals surface area contributed by atoms with Gasteiger partial charge in [0.15, 0.2) is 20.3 Å². The maximum Gasteiger partial charge on any atom is 0.291 e. The summed E-state index contributed by atoms with van der Waals surface area (Å²) in [5, 5.41) is 5.52. The van der Waals surface area contributed by atoms with Crippen LogP contribution in [0.4, 0.5) is 5.69 Å². The summed E-state index contributed by atoms with van der Waals surface area (Å²) in [6.45, 7) is 0.301. The fourth-order valence-corrected chi connectivity index (χ4v) is 3.58. The van der Waals surface area contributed by atoms with Gasteiger partial charge in [0.25, 0.3) is 5.91 Å². The normalized spacial score (nSPS) is 11.1. The Kier molecular flexibility index (Phi) is 6.73. The maximum atomic E-state index is 12.2. The third-order valence-electron chi connectivity index (χ3n) is 4.21. The summed E-state index contributed by atoms with van der Waals surface area (Å²) in [6.07, 6.45) is 1.33. The maximum absolute atomic E-state index is 12.2. The van der Waals surface area contributed by atoms with Crippen LogP contribution >= 0.6 is 15.9 Å². The zero-order chi connectivity index (χ0) is 21.7. The molecule has 156 valence electrons. The van der Waals surface area contributed by atoms with E-state index in [0.29, 0.717) is 16.9 Å². The molecule has 3 rings (SSSR count). The van der Waals surface area contributed by atoms with E-state index in [4.69, 9.17) is 4.42 Å². The summed E-state index contributed by atoms with van der Waals surface area (Å²) >= 11 is 3.15. The van der Waals surface area contributed by atoms with E-state index >= 15 is 0 Å². The molecule has 0 fully saturated rings. The smallest absolute Gasteiger partial charge is 0.291 e. The van der Waals surface area contributed by atoms with Crippen molar-refractivity contribution in [3.8, 4) is 0 Å². The first kappa shape index (κ1) is 21.8. The number of hydrogen-bond donors (Lipinski definition) is 2. The van der Waals surface area contributed by atoms with E-state index in [1.165, 1.54) is 12.1 Å². The molecule has 0 spiro atoms. The Bertz CT molecular complexity index is 1150. The summed E-state index contributed by atoms with van der Waals surface area (Å²) in [7, 11) is -3.24. The zero-order valence-electron chi connectivity index (χ0n) is 16.0. The van der Waals surface area contributed by atoms with Crippen LogP contribution in [-0.2, 0) is 27.6 Å². The highest BCUT2D eigenvalue weighted by Crippen LogP contribution is 2.17. The third kappa shape index (κ3) is 6.04. The lowest BCUT2D eigenvalue weighted by atomic mass is 10.1. The van der Waals surface area contributed by atoms with Crippen molar-refractivity contribution in [2.45, 2.75) is 17.9 Å². The van der Waals surface area contributed by atoms with Gasteiger partial charge >= 0.3 is 0 Å². The Balaban J connectivity index is 1.50. The van der Waals surface area contributed by atoms with Crippen molar-refractivity contribution >= 4 is 43.3 Å². The first-order valence-electron chi connectivity index (χ1n) is 8.92. The number of anilines is 1.